The highest BCUT2D eigenvalue weighted by Gasteiger charge is 2.36. The van der Waals surface area contributed by atoms with Crippen molar-refractivity contribution < 1.29 is 14.3 Å². The number of methoxy groups -OCH3 is 1. The third-order valence-corrected chi connectivity index (χ3v) is 6.20. The van der Waals surface area contributed by atoms with Gasteiger partial charge in [-0.2, -0.15) is 0 Å². The van der Waals surface area contributed by atoms with Crippen molar-refractivity contribution in [1.29, 1.82) is 0 Å². The minimum atomic E-state index is -0.450. The fourth-order valence-corrected chi connectivity index (χ4v) is 4.48. The van der Waals surface area contributed by atoms with E-state index in [9.17, 15) is 4.79 Å². The first-order chi connectivity index (χ1) is 16.4. The molecule has 0 fully saturated rings. The number of aromatic amines is 1. The average molecular weight is 478 g/mol. The zero-order chi connectivity index (χ0) is 23.8. The van der Waals surface area contributed by atoms with Crippen molar-refractivity contribution in [3.63, 3.8) is 0 Å². The number of hydrogen-bond acceptors (Lipinski definition) is 6. The molecule has 2 aromatic carbocycles. The van der Waals surface area contributed by atoms with E-state index in [2.05, 4.69) is 15.0 Å². The highest BCUT2D eigenvalue weighted by atomic mass is 35.5. The number of fused-ring (bicyclic) bond motifs is 3. The van der Waals surface area contributed by atoms with E-state index in [0.717, 1.165) is 27.7 Å². The molecule has 9 heteroatoms. The van der Waals surface area contributed by atoms with E-state index in [-0.39, 0.29) is 0 Å². The summed E-state index contributed by atoms with van der Waals surface area (Å²) in [5.74, 6) is 1.73. The molecule has 0 spiro atoms. The van der Waals surface area contributed by atoms with Gasteiger partial charge in [0, 0.05) is 60.2 Å². The van der Waals surface area contributed by atoms with Gasteiger partial charge in [0.1, 0.15) is 17.5 Å². The predicted octanol–water partition coefficient (Wildman–Crippen LogP) is 4.83. The van der Waals surface area contributed by atoms with Crippen LogP contribution in [0.5, 0.6) is 11.5 Å². The quantitative estimate of drug-likeness (QED) is 0.453. The van der Waals surface area contributed by atoms with Crippen molar-refractivity contribution in [2.45, 2.75) is 12.5 Å². The van der Waals surface area contributed by atoms with Crippen LogP contribution in [0.15, 0.2) is 54.9 Å². The molecule has 2 aromatic heterocycles. The van der Waals surface area contributed by atoms with Gasteiger partial charge in [-0.05, 0) is 54.4 Å². The maximum absolute atomic E-state index is 13.3. The van der Waals surface area contributed by atoms with Gasteiger partial charge in [0.2, 0.25) is 5.95 Å². The van der Waals surface area contributed by atoms with Crippen LogP contribution in [-0.2, 0) is 6.42 Å². The number of carbonyl (C=O) groups is 1. The van der Waals surface area contributed by atoms with Crippen molar-refractivity contribution in [2.75, 3.05) is 32.6 Å². The summed E-state index contributed by atoms with van der Waals surface area (Å²) < 4.78 is 10.9. The lowest BCUT2D eigenvalue weighted by molar-refractivity contribution is 0.135. The zero-order valence-corrected chi connectivity index (χ0v) is 19.8. The van der Waals surface area contributed by atoms with Crippen LogP contribution in [0.4, 0.5) is 10.7 Å². The number of H-pyrrole nitrogens is 1. The summed E-state index contributed by atoms with van der Waals surface area (Å²) in [5, 5.41) is 1.73. The fourth-order valence-electron chi connectivity index (χ4n) is 4.31. The zero-order valence-electron chi connectivity index (χ0n) is 19.1. The molecule has 1 unspecified atom stereocenters. The molecule has 4 aromatic rings. The van der Waals surface area contributed by atoms with Gasteiger partial charge in [0.05, 0.1) is 7.11 Å². The van der Waals surface area contributed by atoms with E-state index < -0.39 is 12.1 Å². The second kappa shape index (κ2) is 8.87. The molecule has 1 atom stereocenters. The number of ether oxygens (including phenoxy) is 2. The maximum atomic E-state index is 13.3. The molecular weight excluding hydrogens is 454 g/mol. The van der Waals surface area contributed by atoms with Gasteiger partial charge in [0.15, 0.2) is 0 Å². The number of aromatic nitrogens is 3. The van der Waals surface area contributed by atoms with Crippen LogP contribution < -0.4 is 14.4 Å². The van der Waals surface area contributed by atoms with Crippen LogP contribution in [-0.4, -0.2) is 53.7 Å². The molecule has 34 heavy (non-hydrogen) atoms. The Balaban J connectivity index is 1.55. The van der Waals surface area contributed by atoms with E-state index >= 15 is 0 Å². The number of nitrogens with zero attached hydrogens (tertiary/aromatic N) is 4. The van der Waals surface area contributed by atoms with Gasteiger partial charge in [-0.1, -0.05) is 11.6 Å². The molecule has 3 heterocycles. The summed E-state index contributed by atoms with van der Waals surface area (Å²) in [5.41, 5.74) is 3.80. The topological polar surface area (TPSA) is 83.6 Å². The van der Waals surface area contributed by atoms with Crippen molar-refractivity contribution in [1.82, 2.24) is 19.9 Å². The molecule has 0 saturated carbocycles. The first kappa shape index (κ1) is 22.0. The van der Waals surface area contributed by atoms with Crippen LogP contribution >= 0.6 is 11.6 Å². The van der Waals surface area contributed by atoms with Crippen molar-refractivity contribution >= 4 is 34.5 Å². The maximum Gasteiger partial charge on any atom is 0.416 e. The van der Waals surface area contributed by atoms with E-state index in [4.69, 9.17) is 21.1 Å². The average Bonchev–Trinajstić information content (AvgIpc) is 3.21. The standard InChI is InChI=1S/C25H24ClN5O3/c1-30(2)24-27-13-15(14-28-24)23-22-19(20-12-16(26)4-9-21(20)29-22)10-11-31(23)25(32)34-18-7-5-17(33-3)6-8-18/h4-9,12-14,23,29H,10-11H2,1-3H3. The normalized spacial score (nSPS) is 15.2. The third-order valence-electron chi connectivity index (χ3n) is 5.96. The Bertz CT molecular complexity index is 1340. The number of amides is 1. The Morgan fingerprint density at radius 1 is 1.12 bits per heavy atom. The Morgan fingerprint density at radius 3 is 2.50 bits per heavy atom. The number of rotatable bonds is 4. The highest BCUT2D eigenvalue weighted by Crippen LogP contribution is 2.39. The fraction of sp³-hybridized carbons (Fsp3) is 0.240. The predicted molar refractivity (Wildman–Crippen MR) is 131 cm³/mol. The molecule has 0 radical (unpaired) electrons. The van der Waals surface area contributed by atoms with Crippen molar-refractivity contribution in [2.24, 2.45) is 0 Å². The van der Waals surface area contributed by atoms with Crippen LogP contribution in [0, 0.1) is 0 Å². The molecule has 1 aliphatic rings. The summed E-state index contributed by atoms with van der Waals surface area (Å²) in [6.45, 7) is 0.474. The number of benzene rings is 2. The van der Waals surface area contributed by atoms with Gasteiger partial charge in [-0.3, -0.25) is 4.90 Å². The SMILES string of the molecule is COc1ccc(OC(=O)N2CCc3c([nH]c4ccc(Cl)cc34)C2c2cnc(N(C)C)nc2)cc1. The van der Waals surface area contributed by atoms with Gasteiger partial charge in [-0.25, -0.2) is 14.8 Å². The lowest BCUT2D eigenvalue weighted by atomic mass is 9.94. The molecule has 174 valence electrons. The van der Waals surface area contributed by atoms with Gasteiger partial charge in [-0.15, -0.1) is 0 Å². The second-order valence-electron chi connectivity index (χ2n) is 8.31. The molecule has 5 rings (SSSR count). The molecular formula is C25H24ClN5O3. The summed E-state index contributed by atoms with van der Waals surface area (Å²) >= 11 is 6.28. The Labute approximate surface area is 202 Å². The number of carbonyl (C=O) groups excluding carboxylic acids is 1. The van der Waals surface area contributed by atoms with Crippen LogP contribution in [0.3, 0.4) is 0 Å². The molecule has 1 aliphatic heterocycles. The van der Waals surface area contributed by atoms with Crippen molar-refractivity contribution in [3.05, 3.63) is 76.7 Å². The Hall–Kier alpha value is -3.78. The van der Waals surface area contributed by atoms with E-state index in [1.807, 2.05) is 37.2 Å². The number of nitrogens with one attached hydrogen (secondary N) is 1. The van der Waals surface area contributed by atoms with E-state index in [0.29, 0.717) is 35.4 Å². The van der Waals surface area contributed by atoms with Crippen molar-refractivity contribution in [3.8, 4) is 11.5 Å². The van der Waals surface area contributed by atoms with Crippen LogP contribution in [0.1, 0.15) is 22.9 Å². The molecule has 0 bridgehead atoms. The van der Waals surface area contributed by atoms with E-state index in [1.165, 1.54) is 0 Å². The summed E-state index contributed by atoms with van der Waals surface area (Å²) in [4.78, 5) is 29.3. The van der Waals surface area contributed by atoms with Crippen LogP contribution in [0.25, 0.3) is 10.9 Å². The highest BCUT2D eigenvalue weighted by molar-refractivity contribution is 6.31. The first-order valence-corrected chi connectivity index (χ1v) is 11.2. The third kappa shape index (κ3) is 4.01. The largest absolute Gasteiger partial charge is 0.497 e. The molecule has 0 aliphatic carbocycles. The summed E-state index contributed by atoms with van der Waals surface area (Å²) in [6.07, 6.45) is 3.73. The molecule has 1 N–H and O–H groups in total. The monoisotopic (exact) mass is 477 g/mol. The minimum Gasteiger partial charge on any atom is -0.497 e. The van der Waals surface area contributed by atoms with Gasteiger partial charge in [0.25, 0.3) is 0 Å². The van der Waals surface area contributed by atoms with Crippen LogP contribution in [0.2, 0.25) is 5.02 Å². The molecule has 8 nitrogen and oxygen atoms in total. The second-order valence-corrected chi connectivity index (χ2v) is 8.74. The van der Waals surface area contributed by atoms with E-state index in [1.54, 1.807) is 48.7 Å². The summed E-state index contributed by atoms with van der Waals surface area (Å²) in [7, 11) is 5.36. The lowest BCUT2D eigenvalue weighted by Gasteiger charge is -2.35. The molecule has 0 saturated heterocycles. The number of halogens is 1. The minimum absolute atomic E-state index is 0.433. The van der Waals surface area contributed by atoms with Gasteiger partial charge < -0.3 is 19.4 Å². The Kier molecular flexibility index (Phi) is 5.75. The first-order valence-electron chi connectivity index (χ1n) is 10.9. The number of hydrogen-bond donors (Lipinski definition) is 1. The lowest BCUT2D eigenvalue weighted by Crippen LogP contribution is -2.42. The molecule has 1 amide bonds. The smallest absolute Gasteiger partial charge is 0.416 e. The van der Waals surface area contributed by atoms with Gasteiger partial charge >= 0.3 is 6.09 Å². The Morgan fingerprint density at radius 2 is 1.82 bits per heavy atom. The summed E-state index contributed by atoms with van der Waals surface area (Å²) in [6, 6.07) is 12.3. The number of anilines is 1.